The van der Waals surface area contributed by atoms with E-state index >= 15 is 0 Å². The van der Waals surface area contributed by atoms with E-state index in [9.17, 15) is 34.0 Å². The summed E-state index contributed by atoms with van der Waals surface area (Å²) in [4.78, 5) is 5.29. The van der Waals surface area contributed by atoms with Crippen LogP contribution in [0.25, 0.3) is 0 Å². The smallest absolute Gasteiger partial charge is 0.310 e. The fraction of sp³-hybridized carbons (Fsp3) is 0.500. The van der Waals surface area contributed by atoms with Crippen molar-refractivity contribution in [2.45, 2.75) is 59.8 Å². The predicted molar refractivity (Wildman–Crippen MR) is 133 cm³/mol. The third-order valence-corrected chi connectivity index (χ3v) is 10.3. The Kier molecular flexibility index (Phi) is 5.86. The molecule has 1 aromatic heterocycles. The van der Waals surface area contributed by atoms with Gasteiger partial charge in [-0.2, -0.15) is 5.26 Å². The summed E-state index contributed by atoms with van der Waals surface area (Å²) in [5, 5.41) is 23.4. The van der Waals surface area contributed by atoms with Gasteiger partial charge in [0.2, 0.25) is 0 Å². The highest BCUT2D eigenvalue weighted by molar-refractivity contribution is 8.45. The van der Waals surface area contributed by atoms with E-state index in [1.165, 1.54) is 0 Å². The summed E-state index contributed by atoms with van der Waals surface area (Å²) in [6.07, 6.45) is 3.99. The Hall–Kier alpha value is -2.43. The highest BCUT2D eigenvalue weighted by Crippen LogP contribution is 3.02. The van der Waals surface area contributed by atoms with Gasteiger partial charge in [0.05, 0.1) is 39.2 Å². The van der Waals surface area contributed by atoms with E-state index in [4.69, 9.17) is 4.98 Å². The molecule has 37 heavy (non-hydrogen) atoms. The zero-order chi connectivity index (χ0) is 26.7. The number of aliphatic hydroxyl groups is 1. The molecule has 2 N–H and O–H groups in total. The second-order valence-corrected chi connectivity index (χ2v) is 14.0. The SMILES string of the molecule is N#Cc1c(N2CCC(c3ccc(S(F)(F)(F)(F)F)cc3)CC2)nc2c(c1NC1(CO)CCC1)S(=O)CC2. The van der Waals surface area contributed by atoms with Crippen molar-refractivity contribution in [3.05, 3.63) is 41.1 Å². The van der Waals surface area contributed by atoms with Crippen LogP contribution in [0.15, 0.2) is 34.1 Å². The van der Waals surface area contributed by atoms with Crippen molar-refractivity contribution in [3.8, 4) is 6.07 Å². The zero-order valence-electron chi connectivity index (χ0n) is 19.9. The van der Waals surface area contributed by atoms with Crippen molar-refractivity contribution >= 4 is 32.5 Å². The molecule has 0 bridgehead atoms. The summed E-state index contributed by atoms with van der Waals surface area (Å²) < 4.78 is 78.1. The molecule has 3 aliphatic rings. The molecular formula is C24H27F5N4O2S2. The van der Waals surface area contributed by atoms with Crippen LogP contribution < -0.4 is 10.2 Å². The van der Waals surface area contributed by atoms with E-state index in [0.717, 1.165) is 31.4 Å². The fourth-order valence-electron chi connectivity index (χ4n) is 5.38. The van der Waals surface area contributed by atoms with Gasteiger partial charge in [-0.1, -0.05) is 31.6 Å². The summed E-state index contributed by atoms with van der Waals surface area (Å²) >= 11 is 0. The van der Waals surface area contributed by atoms with E-state index in [2.05, 4.69) is 11.4 Å². The zero-order valence-corrected chi connectivity index (χ0v) is 21.5. The molecule has 202 valence electrons. The van der Waals surface area contributed by atoms with Gasteiger partial charge in [0.25, 0.3) is 0 Å². The number of benzene rings is 1. The number of hydrogen-bond acceptors (Lipinski definition) is 6. The highest BCUT2D eigenvalue weighted by atomic mass is 32.5. The second-order valence-electron chi connectivity index (χ2n) is 10.1. The molecule has 3 heterocycles. The van der Waals surface area contributed by atoms with Gasteiger partial charge in [0.15, 0.2) is 0 Å². The van der Waals surface area contributed by atoms with E-state index < -0.39 is 31.5 Å². The Labute approximate surface area is 214 Å². The molecule has 1 unspecified atom stereocenters. The lowest BCUT2D eigenvalue weighted by molar-refractivity contribution is 0.144. The van der Waals surface area contributed by atoms with Gasteiger partial charge >= 0.3 is 10.2 Å². The van der Waals surface area contributed by atoms with Gasteiger partial charge in [-0.15, -0.1) is 0 Å². The van der Waals surface area contributed by atoms with Crippen LogP contribution in [0.2, 0.25) is 0 Å². The first-order chi connectivity index (χ1) is 17.2. The number of aromatic nitrogens is 1. The number of halogens is 5. The molecule has 2 aromatic rings. The Morgan fingerprint density at radius 1 is 1.16 bits per heavy atom. The minimum atomic E-state index is -9.71. The van der Waals surface area contributed by atoms with Gasteiger partial charge in [0.1, 0.15) is 22.3 Å². The number of piperidine rings is 1. The maximum absolute atomic E-state index is 13.1. The van der Waals surface area contributed by atoms with E-state index in [0.29, 0.717) is 77.9 Å². The van der Waals surface area contributed by atoms with Gasteiger partial charge in [-0.3, -0.25) is 4.21 Å². The lowest BCUT2D eigenvalue weighted by Crippen LogP contribution is -2.48. The maximum atomic E-state index is 13.1. The standard InChI is InChI=1S/C24H27F5N4O2S2/c25-37(26,27,28,29)18-4-2-16(3-5-18)17-6-11-33(12-7-17)23-19(14-30)21(32-24(15-34)9-1-10-24)22-20(31-23)8-13-36(22)35/h2-5,17,34H,1,6-13,15H2,(H,31,32). The molecule has 0 radical (unpaired) electrons. The number of nitrogens with one attached hydrogen (secondary N) is 1. The largest absolute Gasteiger partial charge is 0.394 e. The Bertz CT molecular complexity index is 1300. The molecule has 1 saturated heterocycles. The fourth-order valence-corrected chi connectivity index (χ4v) is 7.40. The first-order valence-electron chi connectivity index (χ1n) is 12.1. The normalized spacial score (nSPS) is 23.4. The van der Waals surface area contributed by atoms with E-state index in [-0.39, 0.29) is 18.1 Å². The number of pyridine rings is 1. The van der Waals surface area contributed by atoms with Gasteiger partial charge in [-0.05, 0) is 55.7 Å². The number of nitriles is 1. The quantitative estimate of drug-likeness (QED) is 0.421. The summed E-state index contributed by atoms with van der Waals surface area (Å²) in [6.45, 7) is 0.813. The average molecular weight is 563 g/mol. The number of hydrogen-bond donors (Lipinski definition) is 2. The van der Waals surface area contributed by atoms with Crippen LogP contribution in [0, 0.1) is 11.3 Å². The second kappa shape index (κ2) is 8.28. The average Bonchev–Trinajstić information content (AvgIpc) is 3.20. The molecular weight excluding hydrogens is 535 g/mol. The number of rotatable bonds is 6. The summed E-state index contributed by atoms with van der Waals surface area (Å²) in [5.74, 6) is 0.750. The topological polar surface area (TPSA) is 89.2 Å². The van der Waals surface area contributed by atoms with Gasteiger partial charge < -0.3 is 15.3 Å². The first-order valence-corrected chi connectivity index (χ1v) is 15.3. The first kappa shape index (κ1) is 26.2. The van der Waals surface area contributed by atoms with Crippen LogP contribution in [0.4, 0.5) is 30.9 Å². The third-order valence-electron chi connectivity index (χ3n) is 7.66. The third kappa shape index (κ3) is 4.91. The lowest BCUT2D eigenvalue weighted by atomic mass is 9.77. The number of aryl methyl sites for hydroxylation is 1. The molecule has 1 aromatic carbocycles. The van der Waals surface area contributed by atoms with Gasteiger partial charge in [-0.25, -0.2) is 4.98 Å². The molecule has 2 aliphatic heterocycles. The van der Waals surface area contributed by atoms with Crippen molar-refractivity contribution in [2.75, 3.05) is 35.7 Å². The highest BCUT2D eigenvalue weighted by Gasteiger charge is 2.65. The Balaban J connectivity index is 1.40. The van der Waals surface area contributed by atoms with Crippen LogP contribution in [-0.2, 0) is 17.2 Å². The van der Waals surface area contributed by atoms with Crippen LogP contribution in [0.3, 0.4) is 0 Å². The van der Waals surface area contributed by atoms with Crippen LogP contribution >= 0.6 is 10.2 Å². The predicted octanol–water partition coefficient (Wildman–Crippen LogP) is 5.99. The number of fused-ring (bicyclic) bond motifs is 1. The van der Waals surface area contributed by atoms with E-state index in [1.807, 2.05) is 4.90 Å². The minimum absolute atomic E-state index is 0.108. The Morgan fingerprint density at radius 2 is 1.81 bits per heavy atom. The summed E-state index contributed by atoms with van der Waals surface area (Å²) in [7, 11) is -11.0. The minimum Gasteiger partial charge on any atom is -0.394 e. The molecule has 13 heteroatoms. The maximum Gasteiger partial charge on any atom is 0.310 e. The van der Waals surface area contributed by atoms with Crippen LogP contribution in [-0.4, -0.2) is 45.3 Å². The lowest BCUT2D eigenvalue weighted by Gasteiger charge is -2.43. The van der Waals surface area contributed by atoms with Crippen molar-refractivity contribution in [1.29, 1.82) is 5.26 Å². The molecule has 2 fully saturated rings. The van der Waals surface area contributed by atoms with E-state index in [1.54, 1.807) is 0 Å². The van der Waals surface area contributed by atoms with Crippen molar-refractivity contribution in [3.63, 3.8) is 0 Å². The van der Waals surface area contributed by atoms with Crippen LogP contribution in [0.5, 0.6) is 0 Å². The molecule has 1 atom stereocenters. The number of anilines is 2. The monoisotopic (exact) mass is 562 g/mol. The molecule has 1 aliphatic carbocycles. The molecule has 1 saturated carbocycles. The number of aliphatic hydroxyl groups excluding tert-OH is 1. The number of nitrogens with zero attached hydrogens (tertiary/aromatic N) is 3. The molecule has 0 amide bonds. The van der Waals surface area contributed by atoms with Crippen molar-refractivity contribution in [1.82, 2.24) is 4.98 Å². The van der Waals surface area contributed by atoms with Crippen LogP contribution in [0.1, 0.15) is 54.8 Å². The van der Waals surface area contributed by atoms with Crippen molar-refractivity contribution < 1.29 is 28.7 Å². The van der Waals surface area contributed by atoms with Crippen molar-refractivity contribution in [2.24, 2.45) is 0 Å². The molecule has 0 spiro atoms. The van der Waals surface area contributed by atoms with Gasteiger partial charge in [0, 0.05) is 25.3 Å². The molecule has 6 nitrogen and oxygen atoms in total. The summed E-state index contributed by atoms with van der Waals surface area (Å²) in [6, 6.07) is 5.36. The summed E-state index contributed by atoms with van der Waals surface area (Å²) in [5.41, 5.74) is 1.41. The Morgan fingerprint density at radius 3 is 2.32 bits per heavy atom. The molecule has 5 rings (SSSR count).